The van der Waals surface area contributed by atoms with E-state index in [9.17, 15) is 18.4 Å². The van der Waals surface area contributed by atoms with Gasteiger partial charge in [-0.05, 0) is 17.9 Å². The summed E-state index contributed by atoms with van der Waals surface area (Å²) >= 11 is 0.901. The van der Waals surface area contributed by atoms with Gasteiger partial charge in [0.1, 0.15) is 16.7 Å². The van der Waals surface area contributed by atoms with Crippen molar-refractivity contribution in [2.45, 2.75) is 26.0 Å². The largest absolute Gasteiger partial charge is 0.480 e. The van der Waals surface area contributed by atoms with Crippen LogP contribution in [0.5, 0.6) is 5.75 Å². The van der Waals surface area contributed by atoms with Crippen molar-refractivity contribution in [3.8, 4) is 5.75 Å². The number of hydrogen-bond donors (Lipinski definition) is 2. The maximum absolute atomic E-state index is 12.1. The Morgan fingerprint density at radius 3 is 2.72 bits per heavy atom. The van der Waals surface area contributed by atoms with Gasteiger partial charge < -0.3 is 15.2 Å². The van der Waals surface area contributed by atoms with Crippen LogP contribution in [-0.4, -0.2) is 29.6 Å². The second-order valence-corrected chi connectivity index (χ2v) is 4.18. The molecule has 1 amide bonds. The number of alkyl halides is 2. The van der Waals surface area contributed by atoms with Crippen LogP contribution in [0.2, 0.25) is 0 Å². The number of carbonyl (C=O) groups excluding carboxylic acids is 1. The molecule has 0 aliphatic rings. The number of hydrogen-bond acceptors (Lipinski definition) is 4. The third-order valence-electron chi connectivity index (χ3n) is 2.06. The van der Waals surface area contributed by atoms with Gasteiger partial charge in [-0.2, -0.15) is 8.78 Å². The topological polar surface area (TPSA) is 75.6 Å². The molecule has 1 heterocycles. The first-order valence-electron chi connectivity index (χ1n) is 5.01. The summed E-state index contributed by atoms with van der Waals surface area (Å²) in [6.45, 7) is -1.45. The third-order valence-corrected chi connectivity index (χ3v) is 2.96. The Morgan fingerprint density at radius 2 is 2.22 bits per heavy atom. The van der Waals surface area contributed by atoms with Crippen LogP contribution >= 0.6 is 11.3 Å². The minimum absolute atomic E-state index is 0.0741. The highest BCUT2D eigenvalue weighted by Crippen LogP contribution is 2.26. The van der Waals surface area contributed by atoms with Gasteiger partial charge in [0.15, 0.2) is 0 Å². The molecule has 18 heavy (non-hydrogen) atoms. The molecule has 0 aliphatic carbocycles. The smallest absolute Gasteiger partial charge is 0.387 e. The summed E-state index contributed by atoms with van der Waals surface area (Å²) < 4.78 is 28.3. The van der Waals surface area contributed by atoms with Crippen LogP contribution in [0.1, 0.15) is 23.0 Å². The Bertz CT molecular complexity index is 435. The van der Waals surface area contributed by atoms with Crippen molar-refractivity contribution < 1.29 is 28.2 Å². The summed E-state index contributed by atoms with van der Waals surface area (Å²) in [6, 6.07) is 0.173. The molecule has 1 rings (SSSR count). The molecule has 0 saturated carbocycles. The Balaban J connectivity index is 2.78. The Labute approximate surface area is 105 Å². The fourth-order valence-corrected chi connectivity index (χ4v) is 1.94. The van der Waals surface area contributed by atoms with Gasteiger partial charge in [0.2, 0.25) is 0 Å². The van der Waals surface area contributed by atoms with Gasteiger partial charge in [-0.15, -0.1) is 11.3 Å². The number of halogens is 2. The number of ether oxygens (including phenoxy) is 1. The van der Waals surface area contributed by atoms with Gasteiger partial charge in [0.25, 0.3) is 5.91 Å². The molecule has 0 saturated heterocycles. The van der Waals surface area contributed by atoms with Gasteiger partial charge in [-0.1, -0.05) is 6.92 Å². The minimum Gasteiger partial charge on any atom is -0.480 e. The Kier molecular flexibility index (Phi) is 5.02. The van der Waals surface area contributed by atoms with E-state index < -0.39 is 24.5 Å². The lowest BCUT2D eigenvalue weighted by atomic mass is 10.2. The third kappa shape index (κ3) is 3.66. The van der Waals surface area contributed by atoms with E-state index in [4.69, 9.17) is 5.11 Å². The molecular weight excluding hydrogens is 268 g/mol. The summed E-state index contributed by atoms with van der Waals surface area (Å²) in [5, 5.41) is 12.4. The van der Waals surface area contributed by atoms with Gasteiger partial charge in [0.05, 0.1) is 0 Å². The van der Waals surface area contributed by atoms with Crippen molar-refractivity contribution in [2.24, 2.45) is 0 Å². The van der Waals surface area contributed by atoms with Crippen molar-refractivity contribution in [2.75, 3.05) is 0 Å². The average Bonchev–Trinajstić information content (AvgIpc) is 2.72. The molecule has 100 valence electrons. The van der Waals surface area contributed by atoms with Crippen LogP contribution in [0.25, 0.3) is 0 Å². The quantitative estimate of drug-likeness (QED) is 0.834. The first-order valence-corrected chi connectivity index (χ1v) is 5.89. The molecule has 0 aromatic carbocycles. The van der Waals surface area contributed by atoms with Crippen molar-refractivity contribution in [1.29, 1.82) is 0 Å². The van der Waals surface area contributed by atoms with Gasteiger partial charge >= 0.3 is 12.6 Å². The van der Waals surface area contributed by atoms with E-state index in [2.05, 4.69) is 10.1 Å². The highest BCUT2D eigenvalue weighted by molar-refractivity contribution is 7.12. The van der Waals surface area contributed by atoms with Crippen molar-refractivity contribution >= 4 is 23.2 Å². The molecule has 0 fully saturated rings. The highest BCUT2D eigenvalue weighted by Gasteiger charge is 2.22. The Hall–Kier alpha value is -1.70. The van der Waals surface area contributed by atoms with Crippen LogP contribution < -0.4 is 10.1 Å². The van der Waals surface area contributed by atoms with Crippen LogP contribution in [0.3, 0.4) is 0 Å². The molecule has 0 aliphatic heterocycles. The normalized spacial score (nSPS) is 12.2. The van der Waals surface area contributed by atoms with E-state index in [1.807, 2.05) is 0 Å². The summed E-state index contributed by atoms with van der Waals surface area (Å²) in [7, 11) is 0. The molecule has 8 heteroatoms. The van der Waals surface area contributed by atoms with E-state index in [1.54, 1.807) is 6.92 Å². The highest BCUT2D eigenvalue weighted by atomic mass is 32.1. The predicted octanol–water partition coefficient (Wildman–Crippen LogP) is 1.94. The van der Waals surface area contributed by atoms with Crippen LogP contribution in [0, 0.1) is 0 Å². The van der Waals surface area contributed by atoms with Crippen LogP contribution in [0.15, 0.2) is 11.4 Å². The number of aliphatic carboxylic acids is 1. The number of carbonyl (C=O) groups is 2. The second-order valence-electron chi connectivity index (χ2n) is 3.27. The first-order chi connectivity index (χ1) is 8.45. The molecular formula is C10H11F2NO4S. The first kappa shape index (κ1) is 14.4. The molecule has 0 bridgehead atoms. The van der Waals surface area contributed by atoms with E-state index in [0.29, 0.717) is 0 Å². The molecule has 1 unspecified atom stereocenters. The molecule has 1 aromatic rings. The SMILES string of the molecule is CCC(NC(=O)c1sccc1OC(F)F)C(=O)O. The van der Waals surface area contributed by atoms with E-state index in [0.717, 1.165) is 11.3 Å². The maximum Gasteiger partial charge on any atom is 0.387 e. The lowest BCUT2D eigenvalue weighted by Gasteiger charge is -2.12. The van der Waals surface area contributed by atoms with Crippen LogP contribution in [0.4, 0.5) is 8.78 Å². The van der Waals surface area contributed by atoms with Gasteiger partial charge in [0, 0.05) is 0 Å². The fraction of sp³-hybridized carbons (Fsp3) is 0.400. The monoisotopic (exact) mass is 279 g/mol. The summed E-state index contributed by atoms with van der Waals surface area (Å²) in [6.07, 6.45) is 0.192. The van der Waals surface area contributed by atoms with Gasteiger partial charge in [-0.3, -0.25) is 4.79 Å². The lowest BCUT2D eigenvalue weighted by Crippen LogP contribution is -2.40. The minimum atomic E-state index is -3.03. The zero-order valence-electron chi connectivity index (χ0n) is 9.35. The maximum atomic E-state index is 12.1. The van der Waals surface area contributed by atoms with Crippen molar-refractivity contribution in [3.05, 3.63) is 16.3 Å². The van der Waals surface area contributed by atoms with E-state index in [1.165, 1.54) is 11.4 Å². The standard InChI is InChI=1S/C10H11F2NO4S/c1-2-5(9(15)16)13-8(14)7-6(3-4-18-7)17-10(11)12/h3-5,10H,2H2,1H3,(H,13,14)(H,15,16). The average molecular weight is 279 g/mol. The predicted molar refractivity (Wildman–Crippen MR) is 60.1 cm³/mol. The molecule has 0 spiro atoms. The van der Waals surface area contributed by atoms with Crippen LogP contribution in [-0.2, 0) is 4.79 Å². The lowest BCUT2D eigenvalue weighted by molar-refractivity contribution is -0.139. The summed E-state index contributed by atoms with van der Waals surface area (Å²) in [5.74, 6) is -2.18. The Morgan fingerprint density at radius 1 is 1.56 bits per heavy atom. The summed E-state index contributed by atoms with van der Waals surface area (Å²) in [4.78, 5) is 22.4. The number of carboxylic acid groups (broad SMARTS) is 1. The molecule has 5 nitrogen and oxygen atoms in total. The molecule has 0 radical (unpaired) electrons. The zero-order valence-corrected chi connectivity index (χ0v) is 10.2. The van der Waals surface area contributed by atoms with Gasteiger partial charge in [-0.25, -0.2) is 4.79 Å². The molecule has 1 atom stereocenters. The second kappa shape index (κ2) is 6.29. The van der Waals surface area contributed by atoms with E-state index >= 15 is 0 Å². The number of rotatable bonds is 6. The summed E-state index contributed by atoms with van der Waals surface area (Å²) in [5.41, 5.74) is 0. The fourth-order valence-electron chi connectivity index (χ4n) is 1.21. The number of nitrogens with one attached hydrogen (secondary N) is 1. The van der Waals surface area contributed by atoms with E-state index in [-0.39, 0.29) is 17.0 Å². The number of thiophene rings is 1. The van der Waals surface area contributed by atoms with Crippen molar-refractivity contribution in [1.82, 2.24) is 5.32 Å². The number of amides is 1. The number of carboxylic acids is 1. The molecule has 1 aromatic heterocycles. The zero-order chi connectivity index (χ0) is 13.7. The van der Waals surface area contributed by atoms with Crippen molar-refractivity contribution in [3.63, 3.8) is 0 Å². The molecule has 2 N–H and O–H groups in total.